The number of hydrogen-bond donors (Lipinski definition) is 0. The fraction of sp³-hybridized carbons (Fsp3) is 0.0192. The van der Waals surface area contributed by atoms with Gasteiger partial charge in [-0.15, -0.1) is 11.3 Å². The average Bonchev–Trinajstić information content (AvgIpc) is 3.83. The van der Waals surface area contributed by atoms with E-state index in [-0.39, 0.29) is 0 Å². The smallest absolute Gasteiger partial charge is 0.143 e. The van der Waals surface area contributed by atoms with Gasteiger partial charge in [0.2, 0.25) is 0 Å². The zero-order valence-electron chi connectivity index (χ0n) is 30.6. The van der Waals surface area contributed by atoms with Crippen LogP contribution in [0.5, 0.6) is 0 Å². The van der Waals surface area contributed by atoms with Crippen LogP contribution in [-0.2, 0) is 0 Å². The Morgan fingerprint density at radius 3 is 1.91 bits per heavy atom. The Balaban J connectivity index is 1.14. The lowest BCUT2D eigenvalue weighted by Crippen LogP contribution is -2.10. The van der Waals surface area contributed by atoms with Crippen LogP contribution in [0.3, 0.4) is 0 Å². The van der Waals surface area contributed by atoms with Gasteiger partial charge in [0, 0.05) is 64.2 Å². The lowest BCUT2D eigenvalue weighted by atomic mass is 9.94. The molecule has 0 aliphatic carbocycles. The number of anilines is 3. The quantitative estimate of drug-likeness (QED) is 0.170. The monoisotopic (exact) mass is 734 g/mol. The number of hydrogen-bond acceptors (Lipinski definition) is 4. The molecule has 3 heterocycles. The summed E-state index contributed by atoms with van der Waals surface area (Å²) in [6.07, 6.45) is 0. The highest BCUT2D eigenvalue weighted by molar-refractivity contribution is 7.25. The Morgan fingerprint density at radius 2 is 1.12 bits per heavy atom. The van der Waals surface area contributed by atoms with E-state index in [9.17, 15) is 0 Å². The van der Waals surface area contributed by atoms with Crippen molar-refractivity contribution >= 4 is 81.3 Å². The van der Waals surface area contributed by atoms with Gasteiger partial charge < -0.3 is 9.32 Å². The van der Waals surface area contributed by atoms with Gasteiger partial charge in [-0.05, 0) is 84.3 Å². The van der Waals surface area contributed by atoms with E-state index in [0.29, 0.717) is 0 Å². The zero-order chi connectivity index (χ0) is 37.2. The van der Waals surface area contributed by atoms with E-state index in [0.717, 1.165) is 77.9 Å². The molecule has 0 radical (unpaired) electrons. The maximum absolute atomic E-state index is 6.76. The number of para-hydroxylation sites is 1. The third kappa shape index (κ3) is 5.30. The topological polar surface area (TPSA) is 29.3 Å². The van der Waals surface area contributed by atoms with Crippen molar-refractivity contribution in [2.45, 2.75) is 6.92 Å². The van der Waals surface area contributed by atoms with Gasteiger partial charge >= 0.3 is 0 Å². The highest BCUT2D eigenvalue weighted by Crippen LogP contribution is 2.46. The van der Waals surface area contributed by atoms with E-state index in [1.54, 1.807) is 0 Å². The summed E-state index contributed by atoms with van der Waals surface area (Å²) in [6.45, 7) is 2.18. The van der Waals surface area contributed by atoms with E-state index in [1.165, 1.54) is 31.3 Å². The van der Waals surface area contributed by atoms with Gasteiger partial charge in [-0.3, -0.25) is 0 Å². The number of thiophene rings is 1. The van der Waals surface area contributed by atoms with Crippen molar-refractivity contribution < 1.29 is 4.42 Å². The van der Waals surface area contributed by atoms with Crippen LogP contribution >= 0.6 is 11.3 Å². The van der Waals surface area contributed by atoms with Crippen molar-refractivity contribution in [3.63, 3.8) is 0 Å². The van der Waals surface area contributed by atoms with Crippen LogP contribution in [-0.4, -0.2) is 4.98 Å². The Bertz CT molecular complexity index is 3200. The largest absolute Gasteiger partial charge is 0.455 e. The molecule has 0 amide bonds. The van der Waals surface area contributed by atoms with Crippen LogP contribution in [0.2, 0.25) is 0 Å². The zero-order valence-corrected chi connectivity index (χ0v) is 31.4. The van der Waals surface area contributed by atoms with E-state index >= 15 is 0 Å². The van der Waals surface area contributed by atoms with E-state index in [2.05, 4.69) is 200 Å². The molecule has 0 saturated carbocycles. The molecule has 56 heavy (non-hydrogen) atoms. The second-order valence-electron chi connectivity index (χ2n) is 14.3. The minimum Gasteiger partial charge on any atom is -0.455 e. The van der Waals surface area contributed by atoms with Crippen molar-refractivity contribution in [2.75, 3.05) is 4.90 Å². The predicted octanol–water partition coefficient (Wildman–Crippen LogP) is 15.3. The predicted molar refractivity (Wildman–Crippen MR) is 238 cm³/mol. The average molecular weight is 735 g/mol. The summed E-state index contributed by atoms with van der Waals surface area (Å²) in [5.74, 6) is 0. The first-order valence-electron chi connectivity index (χ1n) is 19.0. The summed E-state index contributed by atoms with van der Waals surface area (Å²) in [6, 6.07) is 67.1. The number of aromatic nitrogens is 1. The first kappa shape index (κ1) is 32.4. The molecule has 0 bridgehead atoms. The Morgan fingerprint density at radius 1 is 0.464 bits per heavy atom. The molecule has 0 fully saturated rings. The maximum Gasteiger partial charge on any atom is 0.143 e. The minimum atomic E-state index is 0.850. The van der Waals surface area contributed by atoms with E-state index in [1.807, 2.05) is 11.3 Å². The van der Waals surface area contributed by atoms with Crippen molar-refractivity contribution in [1.29, 1.82) is 0 Å². The fourth-order valence-corrected chi connectivity index (χ4v) is 9.47. The standard InChI is InChI=1S/C52H34N2OS/c1-33-43(34-15-5-2-6-16-34)31-46(53-51(33)35-17-7-3-8-18-35)36-25-28-48-44(29-36)45-32-47(39-21-11-12-23-42(39)52(45)55-48)54(37-19-9-4-10-20-37)38-26-27-41-40-22-13-14-24-49(40)56-50(41)30-38/h2-32H,1H3. The number of furan rings is 1. The van der Waals surface area contributed by atoms with Gasteiger partial charge in [0.05, 0.1) is 17.1 Å². The number of fused-ring (bicyclic) bond motifs is 8. The summed E-state index contributed by atoms with van der Waals surface area (Å²) in [7, 11) is 0. The fourth-order valence-electron chi connectivity index (χ4n) is 8.33. The molecule has 0 spiro atoms. The van der Waals surface area contributed by atoms with Crippen LogP contribution in [0.25, 0.3) is 86.5 Å². The van der Waals surface area contributed by atoms with Crippen molar-refractivity contribution in [2.24, 2.45) is 0 Å². The van der Waals surface area contributed by atoms with Gasteiger partial charge in [-0.25, -0.2) is 4.98 Å². The van der Waals surface area contributed by atoms with Gasteiger partial charge in [0.1, 0.15) is 11.2 Å². The van der Waals surface area contributed by atoms with Crippen LogP contribution in [0.4, 0.5) is 17.1 Å². The van der Waals surface area contributed by atoms with E-state index in [4.69, 9.17) is 9.40 Å². The minimum absolute atomic E-state index is 0.850. The summed E-state index contributed by atoms with van der Waals surface area (Å²) >= 11 is 1.84. The number of nitrogens with zero attached hydrogens (tertiary/aromatic N) is 2. The molecule has 0 aliphatic heterocycles. The van der Waals surface area contributed by atoms with Crippen LogP contribution < -0.4 is 4.90 Å². The summed E-state index contributed by atoms with van der Waals surface area (Å²) in [4.78, 5) is 7.74. The number of pyridine rings is 1. The van der Waals surface area contributed by atoms with Crippen molar-refractivity contribution in [1.82, 2.24) is 4.98 Å². The first-order chi connectivity index (χ1) is 27.7. The molecule has 264 valence electrons. The SMILES string of the molecule is Cc1c(-c2ccccc2)cc(-c2ccc3oc4c5ccccc5c(N(c5ccccc5)c5ccc6c(c5)sc5ccccc56)cc4c3c2)nc1-c1ccccc1. The lowest BCUT2D eigenvalue weighted by molar-refractivity contribution is 0.672. The number of benzene rings is 8. The lowest BCUT2D eigenvalue weighted by Gasteiger charge is -2.27. The molecule has 11 aromatic rings. The Kier molecular flexibility index (Phi) is 7.58. The third-order valence-corrected chi connectivity index (χ3v) is 12.2. The maximum atomic E-state index is 6.76. The summed E-state index contributed by atoms with van der Waals surface area (Å²) < 4.78 is 9.33. The molecule has 4 heteroatoms. The normalized spacial score (nSPS) is 11.7. The Hall–Kier alpha value is -7.01. The molecule has 3 nitrogen and oxygen atoms in total. The van der Waals surface area contributed by atoms with Crippen LogP contribution in [0.1, 0.15) is 5.56 Å². The Labute approximate surface area is 328 Å². The molecular formula is C52H34N2OS. The van der Waals surface area contributed by atoms with Crippen molar-refractivity contribution in [3.05, 3.63) is 194 Å². The first-order valence-corrected chi connectivity index (χ1v) is 19.8. The second kappa shape index (κ2) is 13.1. The second-order valence-corrected chi connectivity index (χ2v) is 15.4. The molecule has 0 unspecified atom stereocenters. The molecule has 11 rings (SSSR count). The molecule has 0 atom stereocenters. The van der Waals surface area contributed by atoms with Crippen LogP contribution in [0, 0.1) is 6.92 Å². The highest BCUT2D eigenvalue weighted by Gasteiger charge is 2.22. The van der Waals surface area contributed by atoms with Gasteiger partial charge in [-0.2, -0.15) is 0 Å². The van der Waals surface area contributed by atoms with E-state index < -0.39 is 0 Å². The highest BCUT2D eigenvalue weighted by atomic mass is 32.1. The van der Waals surface area contributed by atoms with Gasteiger partial charge in [-0.1, -0.05) is 127 Å². The number of rotatable bonds is 6. The van der Waals surface area contributed by atoms with Crippen LogP contribution in [0.15, 0.2) is 192 Å². The van der Waals surface area contributed by atoms with Gasteiger partial charge in [0.15, 0.2) is 0 Å². The third-order valence-electron chi connectivity index (χ3n) is 11.0. The summed E-state index contributed by atoms with van der Waals surface area (Å²) in [5.41, 5.74) is 12.6. The van der Waals surface area contributed by atoms with Gasteiger partial charge in [0.25, 0.3) is 0 Å². The molecular weight excluding hydrogens is 701 g/mol. The molecule has 8 aromatic carbocycles. The molecule has 0 saturated heterocycles. The molecule has 0 aliphatic rings. The molecule has 3 aromatic heterocycles. The summed E-state index contributed by atoms with van der Waals surface area (Å²) in [5, 5.41) is 6.91. The molecule has 0 N–H and O–H groups in total. The van der Waals surface area contributed by atoms with Crippen molar-refractivity contribution in [3.8, 4) is 33.6 Å².